The summed E-state index contributed by atoms with van der Waals surface area (Å²) in [6.45, 7) is 0.440. The predicted octanol–water partition coefficient (Wildman–Crippen LogP) is 4.52. The first-order chi connectivity index (χ1) is 12.1. The zero-order valence-corrected chi connectivity index (χ0v) is 16.3. The molecule has 0 aromatic heterocycles. The van der Waals surface area contributed by atoms with Crippen LogP contribution < -0.4 is 5.32 Å². The predicted molar refractivity (Wildman–Crippen MR) is 105 cm³/mol. The molecule has 0 fully saturated rings. The second kappa shape index (κ2) is 10.5. The Kier molecular flexibility index (Phi) is 8.30. The fourth-order valence-corrected chi connectivity index (χ4v) is 4.25. The number of carbonyl (C=O) groups excluding carboxylic acids is 1. The van der Waals surface area contributed by atoms with Crippen molar-refractivity contribution in [2.45, 2.75) is 11.3 Å². The van der Waals surface area contributed by atoms with E-state index in [9.17, 15) is 9.18 Å². The fourth-order valence-electron chi connectivity index (χ4n) is 1.91. The van der Waals surface area contributed by atoms with Crippen molar-refractivity contribution in [2.24, 2.45) is 5.16 Å². The molecule has 0 spiro atoms. The molecule has 1 amide bonds. The Balaban J connectivity index is 1.72. The van der Waals surface area contributed by atoms with E-state index in [0.29, 0.717) is 12.3 Å². The van der Waals surface area contributed by atoms with Crippen LogP contribution >= 0.6 is 37.5 Å². The molecule has 0 aliphatic heterocycles. The molecule has 0 atom stereocenters. The zero-order valence-electron chi connectivity index (χ0n) is 13.1. The van der Waals surface area contributed by atoms with Crippen LogP contribution in [-0.2, 0) is 11.2 Å². The summed E-state index contributed by atoms with van der Waals surface area (Å²) < 4.78 is 13.7. The van der Waals surface area contributed by atoms with Crippen molar-refractivity contribution >= 4 is 49.1 Å². The molecule has 0 saturated heterocycles. The van der Waals surface area contributed by atoms with Crippen LogP contribution in [0.1, 0.15) is 5.56 Å². The van der Waals surface area contributed by atoms with Gasteiger partial charge in [-0.1, -0.05) is 54.8 Å². The van der Waals surface area contributed by atoms with Crippen LogP contribution in [-0.4, -0.2) is 29.1 Å². The van der Waals surface area contributed by atoms with Crippen LogP contribution in [0.4, 0.5) is 4.39 Å². The van der Waals surface area contributed by atoms with E-state index in [0.717, 1.165) is 14.9 Å². The molecular formula is C17H16BrFN2O2S2. The van der Waals surface area contributed by atoms with E-state index in [1.807, 2.05) is 24.3 Å². The van der Waals surface area contributed by atoms with Crippen LogP contribution in [0.5, 0.6) is 0 Å². The number of carbonyl (C=O) groups is 1. The first-order valence-electron chi connectivity index (χ1n) is 7.37. The average Bonchev–Trinajstić information content (AvgIpc) is 2.61. The minimum Gasteiger partial charge on any atom is -0.410 e. The van der Waals surface area contributed by atoms with Crippen LogP contribution in [0.2, 0.25) is 0 Å². The molecule has 0 unspecified atom stereocenters. The molecule has 2 aromatic rings. The normalized spacial score (nSPS) is 11.4. The summed E-state index contributed by atoms with van der Waals surface area (Å²) in [5, 5.41) is 14.9. The molecule has 0 heterocycles. The van der Waals surface area contributed by atoms with Crippen molar-refractivity contribution < 1.29 is 14.4 Å². The fraction of sp³-hybridized carbons (Fsp3) is 0.176. The van der Waals surface area contributed by atoms with Gasteiger partial charge >= 0.3 is 0 Å². The minimum atomic E-state index is -0.394. The molecule has 2 N–H and O–H groups in total. The smallest absolute Gasteiger partial charge is 0.269 e. The maximum absolute atomic E-state index is 12.8. The van der Waals surface area contributed by atoms with Gasteiger partial charge in [0.25, 0.3) is 5.91 Å². The van der Waals surface area contributed by atoms with E-state index < -0.39 is 5.91 Å². The first kappa shape index (κ1) is 19.8. The number of benzene rings is 2. The van der Waals surface area contributed by atoms with Gasteiger partial charge in [-0.25, -0.2) is 4.39 Å². The number of halogens is 2. The number of hydrogen-bond acceptors (Lipinski definition) is 5. The summed E-state index contributed by atoms with van der Waals surface area (Å²) in [5.74, 6) is 0.0151. The van der Waals surface area contributed by atoms with Gasteiger partial charge in [0.05, 0.1) is 0 Å². The Labute approximate surface area is 161 Å². The van der Waals surface area contributed by atoms with E-state index in [-0.39, 0.29) is 17.9 Å². The second-order valence-electron chi connectivity index (χ2n) is 4.97. The molecule has 2 aromatic carbocycles. The van der Waals surface area contributed by atoms with Gasteiger partial charge in [-0.2, -0.15) is 0 Å². The third-order valence-corrected chi connectivity index (χ3v) is 5.96. The number of rotatable bonds is 8. The highest BCUT2D eigenvalue weighted by atomic mass is 79.9. The maximum Gasteiger partial charge on any atom is 0.269 e. The summed E-state index contributed by atoms with van der Waals surface area (Å²) in [5.41, 5.74) is 0.938. The standard InChI is InChI=1S/C17H16BrFN2O2S2/c18-13-3-1-2-12(10-13)11-16(21-23)17(22)20-8-9-24-25-15-6-4-14(19)5-7-15/h1-7,10,23H,8-9,11H2,(H,20,22)/b21-16+. The van der Waals surface area contributed by atoms with Crippen molar-refractivity contribution in [3.05, 3.63) is 64.4 Å². The Bertz CT molecular complexity index is 742. The van der Waals surface area contributed by atoms with Gasteiger partial charge in [-0.3, -0.25) is 4.79 Å². The van der Waals surface area contributed by atoms with Gasteiger partial charge in [-0.15, -0.1) is 0 Å². The molecule has 8 heteroatoms. The van der Waals surface area contributed by atoms with Gasteiger partial charge in [0.1, 0.15) is 11.5 Å². The van der Waals surface area contributed by atoms with Crippen LogP contribution in [0.25, 0.3) is 0 Å². The first-order valence-corrected chi connectivity index (χ1v) is 10.5. The van der Waals surface area contributed by atoms with E-state index in [1.165, 1.54) is 22.9 Å². The van der Waals surface area contributed by atoms with E-state index in [4.69, 9.17) is 5.21 Å². The second-order valence-corrected chi connectivity index (χ2v) is 8.37. The summed E-state index contributed by atoms with van der Waals surface area (Å²) in [6.07, 6.45) is 0.249. The summed E-state index contributed by atoms with van der Waals surface area (Å²) in [7, 11) is 3.06. The number of amides is 1. The number of hydrogen-bond donors (Lipinski definition) is 2. The Morgan fingerprint density at radius 3 is 2.68 bits per heavy atom. The van der Waals surface area contributed by atoms with E-state index in [2.05, 4.69) is 26.4 Å². The highest BCUT2D eigenvalue weighted by Crippen LogP contribution is 2.30. The molecule has 0 bridgehead atoms. The molecule has 2 rings (SSSR count). The molecule has 0 saturated carbocycles. The van der Waals surface area contributed by atoms with Crippen molar-refractivity contribution in [2.75, 3.05) is 12.3 Å². The topological polar surface area (TPSA) is 61.7 Å². The van der Waals surface area contributed by atoms with Crippen molar-refractivity contribution in [3.8, 4) is 0 Å². The van der Waals surface area contributed by atoms with Crippen molar-refractivity contribution in [3.63, 3.8) is 0 Å². The maximum atomic E-state index is 12.8. The molecule has 0 aliphatic carbocycles. The molecule has 132 valence electrons. The molecule has 0 aliphatic rings. The highest BCUT2D eigenvalue weighted by molar-refractivity contribution is 9.10. The van der Waals surface area contributed by atoms with E-state index in [1.54, 1.807) is 22.9 Å². The lowest BCUT2D eigenvalue weighted by atomic mass is 10.1. The summed E-state index contributed by atoms with van der Waals surface area (Å²) >= 11 is 3.36. The van der Waals surface area contributed by atoms with Gasteiger partial charge in [-0.05, 0) is 42.0 Å². The third-order valence-electron chi connectivity index (χ3n) is 3.08. The summed E-state index contributed by atoms with van der Waals surface area (Å²) in [4.78, 5) is 13.0. The minimum absolute atomic E-state index is 0.0642. The molecular weight excluding hydrogens is 427 g/mol. The largest absolute Gasteiger partial charge is 0.410 e. The van der Waals surface area contributed by atoms with E-state index >= 15 is 0 Å². The number of nitrogens with zero attached hydrogens (tertiary/aromatic N) is 1. The molecule has 0 radical (unpaired) electrons. The quantitative estimate of drug-likeness (QED) is 0.207. The van der Waals surface area contributed by atoms with Crippen LogP contribution in [0, 0.1) is 5.82 Å². The lowest BCUT2D eigenvalue weighted by Crippen LogP contribution is -2.33. The lowest BCUT2D eigenvalue weighted by Gasteiger charge is -2.07. The van der Waals surface area contributed by atoms with Crippen molar-refractivity contribution in [1.82, 2.24) is 5.32 Å². The third kappa shape index (κ3) is 7.09. The van der Waals surface area contributed by atoms with Gasteiger partial charge < -0.3 is 10.5 Å². The summed E-state index contributed by atoms with van der Waals surface area (Å²) in [6, 6.07) is 13.7. The average molecular weight is 443 g/mol. The molecule has 4 nitrogen and oxygen atoms in total. The SMILES string of the molecule is O=C(NCCSSc1ccc(F)cc1)/C(Cc1cccc(Br)c1)=N/O. The zero-order chi connectivity index (χ0) is 18.1. The highest BCUT2D eigenvalue weighted by Gasteiger charge is 2.12. The Morgan fingerprint density at radius 1 is 1.24 bits per heavy atom. The van der Waals surface area contributed by atoms with Gasteiger partial charge in [0.2, 0.25) is 0 Å². The monoisotopic (exact) mass is 442 g/mol. The van der Waals surface area contributed by atoms with Crippen molar-refractivity contribution in [1.29, 1.82) is 0 Å². The van der Waals surface area contributed by atoms with Gasteiger partial charge in [0, 0.05) is 28.1 Å². The Morgan fingerprint density at radius 2 is 2.00 bits per heavy atom. The number of oxime groups is 1. The lowest BCUT2D eigenvalue weighted by molar-refractivity contribution is -0.114. The van der Waals surface area contributed by atoms with Gasteiger partial charge in [0.15, 0.2) is 0 Å². The van der Waals surface area contributed by atoms with Crippen LogP contribution in [0.3, 0.4) is 0 Å². The Hall–Kier alpha value is -1.51. The van der Waals surface area contributed by atoms with Crippen LogP contribution in [0.15, 0.2) is 63.1 Å². The molecule has 25 heavy (non-hydrogen) atoms. The number of nitrogens with one attached hydrogen (secondary N) is 1.